The molecule has 0 radical (unpaired) electrons. The van der Waals surface area contributed by atoms with Gasteiger partial charge in [0.05, 0.1) is 0 Å². The molecule has 106 valence electrons. The van der Waals surface area contributed by atoms with Gasteiger partial charge < -0.3 is 10.1 Å². The van der Waals surface area contributed by atoms with Crippen LogP contribution in [0.2, 0.25) is 0 Å². The Labute approximate surface area is 129 Å². The van der Waals surface area contributed by atoms with Gasteiger partial charge in [-0.1, -0.05) is 40.2 Å². The molecule has 0 amide bonds. The Hall–Kier alpha value is -1.32. The van der Waals surface area contributed by atoms with Crippen molar-refractivity contribution in [1.82, 2.24) is 5.32 Å². The molecule has 1 unspecified atom stereocenters. The van der Waals surface area contributed by atoms with Crippen molar-refractivity contribution in [3.05, 3.63) is 64.1 Å². The summed E-state index contributed by atoms with van der Waals surface area (Å²) in [5.41, 5.74) is 2.49. The van der Waals surface area contributed by atoms with Crippen molar-refractivity contribution in [3.63, 3.8) is 0 Å². The van der Waals surface area contributed by atoms with Crippen LogP contribution in [0.5, 0.6) is 5.75 Å². The Bertz CT molecular complexity index is 556. The first-order valence-corrected chi connectivity index (χ1v) is 7.63. The third kappa shape index (κ3) is 4.66. The fraction of sp³-hybridized carbons (Fsp3) is 0.294. The van der Waals surface area contributed by atoms with Crippen molar-refractivity contribution in [2.24, 2.45) is 0 Å². The Morgan fingerprint density at radius 2 is 1.95 bits per heavy atom. The van der Waals surface area contributed by atoms with Gasteiger partial charge in [-0.25, -0.2) is 0 Å². The summed E-state index contributed by atoms with van der Waals surface area (Å²) in [5, 5.41) is 3.47. The molecule has 0 saturated heterocycles. The van der Waals surface area contributed by atoms with Gasteiger partial charge in [-0.05, 0) is 49.2 Å². The summed E-state index contributed by atoms with van der Waals surface area (Å²) in [7, 11) is 0. The van der Waals surface area contributed by atoms with E-state index in [0.29, 0.717) is 12.6 Å². The second-order valence-electron chi connectivity index (χ2n) is 4.90. The van der Waals surface area contributed by atoms with E-state index >= 15 is 0 Å². The second kappa shape index (κ2) is 7.46. The first-order chi connectivity index (χ1) is 9.65. The molecule has 0 aliphatic heterocycles. The number of halogens is 1. The highest BCUT2D eigenvalue weighted by Crippen LogP contribution is 2.17. The van der Waals surface area contributed by atoms with Crippen molar-refractivity contribution in [2.45, 2.75) is 19.9 Å². The molecule has 2 aromatic rings. The van der Waals surface area contributed by atoms with E-state index in [2.05, 4.69) is 65.4 Å². The van der Waals surface area contributed by atoms with Crippen LogP contribution >= 0.6 is 15.9 Å². The second-order valence-corrected chi connectivity index (χ2v) is 5.81. The van der Waals surface area contributed by atoms with Gasteiger partial charge in [0, 0.05) is 17.1 Å². The lowest BCUT2D eigenvalue weighted by Gasteiger charge is -2.15. The molecule has 1 atom stereocenters. The van der Waals surface area contributed by atoms with Crippen molar-refractivity contribution in [3.8, 4) is 5.75 Å². The van der Waals surface area contributed by atoms with Gasteiger partial charge in [0.2, 0.25) is 0 Å². The maximum Gasteiger partial charge on any atom is 0.119 e. The molecule has 1 N–H and O–H groups in total. The van der Waals surface area contributed by atoms with E-state index in [1.807, 2.05) is 18.2 Å². The summed E-state index contributed by atoms with van der Waals surface area (Å²) in [6.07, 6.45) is 0. The van der Waals surface area contributed by atoms with Crippen LogP contribution in [0.15, 0.2) is 53.0 Å². The van der Waals surface area contributed by atoms with E-state index in [0.717, 1.165) is 16.8 Å². The molecule has 0 heterocycles. The molecule has 3 heteroatoms. The lowest BCUT2D eigenvalue weighted by molar-refractivity contribution is 0.307. The lowest BCUT2D eigenvalue weighted by Crippen LogP contribution is -2.24. The van der Waals surface area contributed by atoms with Crippen molar-refractivity contribution >= 4 is 15.9 Å². The van der Waals surface area contributed by atoms with E-state index in [-0.39, 0.29) is 0 Å². The van der Waals surface area contributed by atoms with E-state index in [1.165, 1.54) is 11.1 Å². The minimum Gasteiger partial charge on any atom is -0.492 e. The maximum absolute atomic E-state index is 5.73. The third-order valence-electron chi connectivity index (χ3n) is 3.16. The van der Waals surface area contributed by atoms with Crippen LogP contribution in [0.1, 0.15) is 24.1 Å². The first kappa shape index (κ1) is 15.1. The van der Waals surface area contributed by atoms with Crippen LogP contribution in [-0.4, -0.2) is 13.2 Å². The third-order valence-corrected chi connectivity index (χ3v) is 3.65. The predicted octanol–water partition coefficient (Wildman–Crippen LogP) is 4.49. The zero-order valence-electron chi connectivity index (χ0n) is 11.9. The molecular weight excluding hydrogens is 314 g/mol. The van der Waals surface area contributed by atoms with Crippen LogP contribution < -0.4 is 10.1 Å². The predicted molar refractivity (Wildman–Crippen MR) is 87.2 cm³/mol. The van der Waals surface area contributed by atoms with Crippen LogP contribution in [0.3, 0.4) is 0 Å². The summed E-state index contributed by atoms with van der Waals surface area (Å²) in [6, 6.07) is 16.8. The van der Waals surface area contributed by atoms with Gasteiger partial charge in [-0.3, -0.25) is 0 Å². The number of hydrogen-bond acceptors (Lipinski definition) is 2. The summed E-state index contributed by atoms with van der Waals surface area (Å²) in [4.78, 5) is 0. The maximum atomic E-state index is 5.73. The number of aryl methyl sites for hydroxylation is 1. The topological polar surface area (TPSA) is 21.3 Å². The average molecular weight is 334 g/mol. The fourth-order valence-corrected chi connectivity index (χ4v) is 2.46. The summed E-state index contributed by atoms with van der Waals surface area (Å²) < 4.78 is 6.84. The Balaban J connectivity index is 1.76. The zero-order chi connectivity index (χ0) is 14.4. The van der Waals surface area contributed by atoms with Gasteiger partial charge >= 0.3 is 0 Å². The molecule has 0 aliphatic carbocycles. The van der Waals surface area contributed by atoms with E-state index < -0.39 is 0 Å². The molecule has 0 aliphatic rings. The summed E-state index contributed by atoms with van der Waals surface area (Å²) in [5.74, 6) is 0.932. The van der Waals surface area contributed by atoms with Crippen LogP contribution in [0.25, 0.3) is 0 Å². The molecule has 2 nitrogen and oxygen atoms in total. The quantitative estimate of drug-likeness (QED) is 0.786. The van der Waals surface area contributed by atoms with Crippen molar-refractivity contribution in [1.29, 1.82) is 0 Å². The van der Waals surface area contributed by atoms with Crippen molar-refractivity contribution < 1.29 is 4.74 Å². The molecule has 2 aromatic carbocycles. The van der Waals surface area contributed by atoms with E-state index in [4.69, 9.17) is 4.74 Å². The molecule has 0 saturated carbocycles. The summed E-state index contributed by atoms with van der Waals surface area (Å²) >= 11 is 3.50. The average Bonchev–Trinajstić information content (AvgIpc) is 2.43. The van der Waals surface area contributed by atoms with Crippen LogP contribution in [-0.2, 0) is 0 Å². The molecule has 0 aromatic heterocycles. The lowest BCUT2D eigenvalue weighted by atomic mass is 10.1. The fourth-order valence-electron chi connectivity index (χ4n) is 2.04. The molecule has 0 spiro atoms. The van der Waals surface area contributed by atoms with Crippen molar-refractivity contribution in [2.75, 3.05) is 13.2 Å². The van der Waals surface area contributed by atoms with Crippen LogP contribution in [0, 0.1) is 6.92 Å². The van der Waals surface area contributed by atoms with Crippen LogP contribution in [0.4, 0.5) is 0 Å². The SMILES string of the molecule is Cc1cccc(OCCNC(C)c2cccc(Br)c2)c1. The Morgan fingerprint density at radius 3 is 2.70 bits per heavy atom. The van der Waals surface area contributed by atoms with Gasteiger partial charge in [0.25, 0.3) is 0 Å². The smallest absolute Gasteiger partial charge is 0.119 e. The van der Waals surface area contributed by atoms with Gasteiger partial charge in [-0.2, -0.15) is 0 Å². The zero-order valence-corrected chi connectivity index (χ0v) is 13.5. The van der Waals surface area contributed by atoms with Gasteiger partial charge in [0.1, 0.15) is 12.4 Å². The normalized spacial score (nSPS) is 12.2. The highest BCUT2D eigenvalue weighted by Gasteiger charge is 2.04. The number of ether oxygens (including phenoxy) is 1. The standard InChI is InChI=1S/C17H20BrNO/c1-13-5-3-8-17(11-13)20-10-9-19-14(2)15-6-4-7-16(18)12-15/h3-8,11-12,14,19H,9-10H2,1-2H3. The number of hydrogen-bond donors (Lipinski definition) is 1. The summed E-state index contributed by atoms with van der Waals surface area (Å²) in [6.45, 7) is 5.72. The molecule has 0 fully saturated rings. The molecule has 20 heavy (non-hydrogen) atoms. The monoisotopic (exact) mass is 333 g/mol. The number of benzene rings is 2. The number of nitrogens with one attached hydrogen (secondary N) is 1. The Kier molecular flexibility index (Phi) is 5.62. The highest BCUT2D eigenvalue weighted by molar-refractivity contribution is 9.10. The Morgan fingerprint density at radius 1 is 1.15 bits per heavy atom. The molecule has 0 bridgehead atoms. The first-order valence-electron chi connectivity index (χ1n) is 6.83. The largest absolute Gasteiger partial charge is 0.492 e. The van der Waals surface area contributed by atoms with E-state index in [1.54, 1.807) is 0 Å². The van der Waals surface area contributed by atoms with Gasteiger partial charge in [0.15, 0.2) is 0 Å². The van der Waals surface area contributed by atoms with Gasteiger partial charge in [-0.15, -0.1) is 0 Å². The van der Waals surface area contributed by atoms with E-state index in [9.17, 15) is 0 Å². The highest BCUT2D eigenvalue weighted by atomic mass is 79.9. The minimum absolute atomic E-state index is 0.314. The number of rotatable bonds is 6. The minimum atomic E-state index is 0.314. The molecule has 2 rings (SSSR count). The molecular formula is C17H20BrNO.